The third kappa shape index (κ3) is 4.94. The van der Waals surface area contributed by atoms with Gasteiger partial charge < -0.3 is 10.1 Å². The molecule has 94 valence electrons. The van der Waals surface area contributed by atoms with Crippen LogP contribution in [0.25, 0.3) is 0 Å². The van der Waals surface area contributed by atoms with Gasteiger partial charge in [-0.25, -0.2) is 0 Å². The molecule has 0 aliphatic carbocycles. The van der Waals surface area contributed by atoms with Crippen molar-refractivity contribution >= 4 is 5.69 Å². The number of hydrogen-bond acceptors (Lipinski definition) is 2. The number of hydrogen-bond donors (Lipinski definition) is 1. The quantitative estimate of drug-likeness (QED) is 0.537. The van der Waals surface area contributed by atoms with Crippen molar-refractivity contribution < 1.29 is 4.74 Å². The maximum absolute atomic E-state index is 5.23. The number of nitrogens with one attached hydrogen (secondary N) is 1. The summed E-state index contributed by atoms with van der Waals surface area (Å²) >= 11 is 0. The van der Waals surface area contributed by atoms with Gasteiger partial charge in [0.1, 0.15) is 5.75 Å². The van der Waals surface area contributed by atoms with E-state index >= 15 is 0 Å². The van der Waals surface area contributed by atoms with Gasteiger partial charge in [-0.2, -0.15) is 0 Å². The van der Waals surface area contributed by atoms with Crippen LogP contribution in [0.2, 0.25) is 0 Å². The van der Waals surface area contributed by atoms with Gasteiger partial charge in [-0.3, -0.25) is 0 Å². The molecule has 1 N–H and O–H groups in total. The molecule has 0 unspecified atom stereocenters. The third-order valence-corrected chi connectivity index (χ3v) is 2.81. The molecule has 2 nitrogen and oxygen atoms in total. The van der Waals surface area contributed by atoms with Crippen molar-refractivity contribution in [3.8, 4) is 5.75 Å². The minimum Gasteiger partial charge on any atom is -0.496 e. The molecule has 0 aliphatic heterocycles. The Labute approximate surface area is 105 Å². The number of anilines is 1. The lowest BCUT2D eigenvalue weighted by Crippen LogP contribution is -2.01. The van der Waals surface area contributed by atoms with E-state index in [1.807, 2.05) is 12.1 Å². The average Bonchev–Trinajstić information content (AvgIpc) is 2.34. The molecule has 2 heteroatoms. The minimum absolute atomic E-state index is 0.946. The zero-order valence-electron chi connectivity index (χ0n) is 11.0. The number of benzene rings is 1. The number of aryl methyl sites for hydroxylation is 1. The summed E-state index contributed by atoms with van der Waals surface area (Å²) in [5.74, 6) is 0.946. The van der Waals surface area contributed by atoms with Crippen LogP contribution in [0.5, 0.6) is 5.75 Å². The Kier molecular flexibility index (Phi) is 6.23. The second-order valence-electron chi connectivity index (χ2n) is 4.25. The number of allylic oxidation sites excluding steroid dienone is 1. The summed E-state index contributed by atoms with van der Waals surface area (Å²) in [6.07, 6.45) is 6.82. The van der Waals surface area contributed by atoms with Crippen molar-refractivity contribution in [2.75, 3.05) is 19.0 Å². The molecule has 17 heavy (non-hydrogen) atoms. The largest absolute Gasteiger partial charge is 0.496 e. The van der Waals surface area contributed by atoms with Crippen molar-refractivity contribution in [1.82, 2.24) is 0 Å². The molecule has 0 bridgehead atoms. The van der Waals surface area contributed by atoms with Gasteiger partial charge in [0.2, 0.25) is 0 Å². The van der Waals surface area contributed by atoms with E-state index in [1.165, 1.54) is 30.5 Å². The van der Waals surface area contributed by atoms with Gasteiger partial charge in [0.15, 0.2) is 0 Å². The Balaban J connectivity index is 2.27. The minimum atomic E-state index is 0.946. The molecule has 0 spiro atoms. The van der Waals surface area contributed by atoms with Crippen LogP contribution in [0.1, 0.15) is 31.2 Å². The van der Waals surface area contributed by atoms with Crippen LogP contribution in [0, 0.1) is 6.92 Å². The predicted octanol–water partition coefficient (Wildman–Crippen LogP) is 4.16. The molecule has 0 fully saturated rings. The number of rotatable bonds is 8. The van der Waals surface area contributed by atoms with E-state index in [0.29, 0.717) is 0 Å². The third-order valence-electron chi connectivity index (χ3n) is 2.81. The fourth-order valence-corrected chi connectivity index (χ4v) is 1.81. The Morgan fingerprint density at radius 2 is 2.12 bits per heavy atom. The number of ether oxygens (including phenoxy) is 1. The highest BCUT2D eigenvalue weighted by molar-refractivity contribution is 5.50. The van der Waals surface area contributed by atoms with E-state index in [0.717, 1.165) is 18.7 Å². The highest BCUT2D eigenvalue weighted by Gasteiger charge is 1.98. The fourth-order valence-electron chi connectivity index (χ4n) is 1.81. The molecule has 0 amide bonds. The average molecular weight is 233 g/mol. The standard InChI is InChI=1S/C15H23NO/c1-4-5-6-7-8-11-16-14-9-10-15(17-3)13(2)12-14/h4,9-10,12,16H,1,5-8,11H2,2-3H3. The molecule has 1 aromatic rings. The highest BCUT2D eigenvalue weighted by Crippen LogP contribution is 2.21. The maximum atomic E-state index is 5.23. The van der Waals surface area contributed by atoms with Crippen molar-refractivity contribution in [2.24, 2.45) is 0 Å². The molecule has 0 radical (unpaired) electrons. The Hall–Kier alpha value is -1.44. The molecule has 0 heterocycles. The second kappa shape index (κ2) is 7.77. The summed E-state index contributed by atoms with van der Waals surface area (Å²) in [5.41, 5.74) is 2.34. The molecule has 0 saturated carbocycles. The summed E-state index contributed by atoms with van der Waals surface area (Å²) in [6.45, 7) is 6.82. The summed E-state index contributed by atoms with van der Waals surface area (Å²) in [7, 11) is 1.70. The molecule has 0 aliphatic rings. The summed E-state index contributed by atoms with van der Waals surface area (Å²) in [5, 5.41) is 3.43. The van der Waals surface area contributed by atoms with E-state index in [-0.39, 0.29) is 0 Å². The first kappa shape index (κ1) is 13.6. The maximum Gasteiger partial charge on any atom is 0.121 e. The van der Waals surface area contributed by atoms with Crippen LogP contribution in [0.3, 0.4) is 0 Å². The normalized spacial score (nSPS) is 10.0. The van der Waals surface area contributed by atoms with Crippen molar-refractivity contribution in [3.63, 3.8) is 0 Å². The molecule has 0 saturated heterocycles. The first-order chi connectivity index (χ1) is 8.27. The van der Waals surface area contributed by atoms with Crippen molar-refractivity contribution in [2.45, 2.75) is 32.6 Å². The SMILES string of the molecule is C=CCCCCCNc1ccc(OC)c(C)c1. The zero-order chi connectivity index (χ0) is 12.5. The van der Waals surface area contributed by atoms with Gasteiger partial charge in [-0.05, 0) is 49.9 Å². The van der Waals surface area contributed by atoms with Gasteiger partial charge in [-0.15, -0.1) is 6.58 Å². The summed E-state index contributed by atoms with van der Waals surface area (Å²) < 4.78 is 5.23. The zero-order valence-corrected chi connectivity index (χ0v) is 11.0. The second-order valence-corrected chi connectivity index (χ2v) is 4.25. The van der Waals surface area contributed by atoms with E-state index in [4.69, 9.17) is 4.74 Å². The lowest BCUT2D eigenvalue weighted by atomic mass is 10.1. The summed E-state index contributed by atoms with van der Waals surface area (Å²) in [6, 6.07) is 6.20. The number of unbranched alkanes of at least 4 members (excludes halogenated alkanes) is 3. The van der Waals surface area contributed by atoms with Crippen LogP contribution in [-0.4, -0.2) is 13.7 Å². The van der Waals surface area contributed by atoms with Crippen LogP contribution in [-0.2, 0) is 0 Å². The van der Waals surface area contributed by atoms with Gasteiger partial charge in [0, 0.05) is 12.2 Å². The first-order valence-corrected chi connectivity index (χ1v) is 6.27. The van der Waals surface area contributed by atoms with E-state index in [9.17, 15) is 0 Å². The molecule has 1 aromatic carbocycles. The molecular formula is C15H23NO. The molecular weight excluding hydrogens is 210 g/mol. The molecule has 1 rings (SSSR count). The fraction of sp³-hybridized carbons (Fsp3) is 0.467. The van der Waals surface area contributed by atoms with Crippen molar-refractivity contribution in [1.29, 1.82) is 0 Å². The smallest absolute Gasteiger partial charge is 0.121 e. The monoisotopic (exact) mass is 233 g/mol. The van der Waals surface area contributed by atoms with Gasteiger partial charge in [-0.1, -0.05) is 12.5 Å². The van der Waals surface area contributed by atoms with E-state index in [1.54, 1.807) is 7.11 Å². The van der Waals surface area contributed by atoms with Crippen LogP contribution >= 0.6 is 0 Å². The Morgan fingerprint density at radius 3 is 2.76 bits per heavy atom. The van der Waals surface area contributed by atoms with Gasteiger partial charge in [0.05, 0.1) is 7.11 Å². The molecule has 0 atom stereocenters. The van der Waals surface area contributed by atoms with Gasteiger partial charge in [0.25, 0.3) is 0 Å². The van der Waals surface area contributed by atoms with Crippen LogP contribution in [0.15, 0.2) is 30.9 Å². The van der Waals surface area contributed by atoms with E-state index < -0.39 is 0 Å². The highest BCUT2D eigenvalue weighted by atomic mass is 16.5. The topological polar surface area (TPSA) is 21.3 Å². The number of methoxy groups -OCH3 is 1. The summed E-state index contributed by atoms with van der Waals surface area (Å²) in [4.78, 5) is 0. The lowest BCUT2D eigenvalue weighted by molar-refractivity contribution is 0.412. The van der Waals surface area contributed by atoms with Crippen molar-refractivity contribution in [3.05, 3.63) is 36.4 Å². The molecule has 0 aromatic heterocycles. The van der Waals surface area contributed by atoms with Crippen LogP contribution < -0.4 is 10.1 Å². The Morgan fingerprint density at radius 1 is 1.29 bits per heavy atom. The lowest BCUT2D eigenvalue weighted by Gasteiger charge is -2.09. The Bertz CT molecular complexity index is 347. The first-order valence-electron chi connectivity index (χ1n) is 6.27. The van der Waals surface area contributed by atoms with E-state index in [2.05, 4.69) is 31.0 Å². The van der Waals surface area contributed by atoms with Gasteiger partial charge >= 0.3 is 0 Å². The van der Waals surface area contributed by atoms with Crippen LogP contribution in [0.4, 0.5) is 5.69 Å². The predicted molar refractivity (Wildman–Crippen MR) is 74.9 cm³/mol.